The van der Waals surface area contributed by atoms with Crippen LogP contribution < -0.4 is 10.1 Å². The Kier molecular flexibility index (Phi) is 6.75. The topological polar surface area (TPSA) is 64.6 Å². The van der Waals surface area contributed by atoms with Gasteiger partial charge in [0.05, 0.1) is 12.8 Å². The van der Waals surface area contributed by atoms with E-state index in [9.17, 15) is 27.2 Å². The van der Waals surface area contributed by atoms with Crippen LogP contribution in [0, 0.1) is 23.3 Å². The standard InChI is InChI=1S/C19H15F4NO4/c1-10(19(26)24-14-6-5-12(20)17(22)18(14)23)28-16(25)8-4-11-3-7-15(27-2)13(21)9-11/h3-10H,1-2H3,(H,24,26)/b8-4+/t10-/m1/s1. The molecule has 28 heavy (non-hydrogen) atoms. The van der Waals surface area contributed by atoms with Crippen LogP contribution in [0.2, 0.25) is 0 Å². The zero-order valence-corrected chi connectivity index (χ0v) is 14.8. The van der Waals surface area contributed by atoms with Gasteiger partial charge in [0.1, 0.15) is 0 Å². The summed E-state index contributed by atoms with van der Waals surface area (Å²) in [6, 6.07) is 5.46. The first-order valence-electron chi connectivity index (χ1n) is 7.89. The van der Waals surface area contributed by atoms with Crippen molar-refractivity contribution in [2.45, 2.75) is 13.0 Å². The molecule has 1 amide bonds. The van der Waals surface area contributed by atoms with E-state index in [1.165, 1.54) is 32.2 Å². The number of nitrogens with one attached hydrogen (secondary N) is 1. The molecular formula is C19H15F4NO4. The van der Waals surface area contributed by atoms with Crippen molar-refractivity contribution in [3.05, 3.63) is 65.2 Å². The molecule has 0 spiro atoms. The number of methoxy groups -OCH3 is 1. The van der Waals surface area contributed by atoms with Crippen LogP contribution in [0.1, 0.15) is 12.5 Å². The van der Waals surface area contributed by atoms with Crippen molar-refractivity contribution >= 4 is 23.6 Å². The molecule has 148 valence electrons. The van der Waals surface area contributed by atoms with E-state index in [2.05, 4.69) is 0 Å². The molecule has 0 fully saturated rings. The van der Waals surface area contributed by atoms with Crippen LogP contribution in [0.25, 0.3) is 6.08 Å². The fraction of sp³-hybridized carbons (Fsp3) is 0.158. The predicted octanol–water partition coefficient (Wildman–Crippen LogP) is 3.84. The van der Waals surface area contributed by atoms with Crippen LogP contribution in [-0.4, -0.2) is 25.1 Å². The third kappa shape index (κ3) is 5.09. The summed E-state index contributed by atoms with van der Waals surface area (Å²) in [6.45, 7) is 1.20. The number of amides is 1. The maximum absolute atomic E-state index is 13.6. The zero-order chi connectivity index (χ0) is 20.8. The summed E-state index contributed by atoms with van der Waals surface area (Å²) in [7, 11) is 1.31. The number of esters is 1. The van der Waals surface area contributed by atoms with Gasteiger partial charge in [0.2, 0.25) is 0 Å². The highest BCUT2D eigenvalue weighted by Gasteiger charge is 2.20. The fourth-order valence-electron chi connectivity index (χ4n) is 2.07. The van der Waals surface area contributed by atoms with Crippen molar-refractivity contribution in [2.75, 3.05) is 12.4 Å². The average molecular weight is 397 g/mol. The Morgan fingerprint density at radius 3 is 2.39 bits per heavy atom. The summed E-state index contributed by atoms with van der Waals surface area (Å²) in [5.41, 5.74) is -0.257. The molecule has 0 aliphatic carbocycles. The lowest BCUT2D eigenvalue weighted by Gasteiger charge is -2.13. The summed E-state index contributed by atoms with van der Waals surface area (Å²) >= 11 is 0. The van der Waals surface area contributed by atoms with E-state index in [1.807, 2.05) is 5.32 Å². The van der Waals surface area contributed by atoms with Crippen LogP contribution in [0.4, 0.5) is 23.2 Å². The second-order valence-electron chi connectivity index (χ2n) is 5.52. The molecule has 0 radical (unpaired) electrons. The second kappa shape index (κ2) is 9.03. The molecule has 0 aromatic heterocycles. The van der Waals surface area contributed by atoms with E-state index in [0.29, 0.717) is 11.6 Å². The smallest absolute Gasteiger partial charge is 0.331 e. The van der Waals surface area contributed by atoms with Gasteiger partial charge in [0.15, 0.2) is 35.1 Å². The normalized spacial score (nSPS) is 11.9. The number of carbonyl (C=O) groups is 2. The predicted molar refractivity (Wildman–Crippen MR) is 92.5 cm³/mol. The largest absolute Gasteiger partial charge is 0.494 e. The van der Waals surface area contributed by atoms with Crippen LogP contribution in [0.15, 0.2) is 36.4 Å². The van der Waals surface area contributed by atoms with E-state index in [-0.39, 0.29) is 5.75 Å². The third-order valence-corrected chi connectivity index (χ3v) is 3.54. The fourth-order valence-corrected chi connectivity index (χ4v) is 2.07. The Hall–Kier alpha value is -3.36. The number of carbonyl (C=O) groups excluding carboxylic acids is 2. The zero-order valence-electron chi connectivity index (χ0n) is 14.8. The Bertz CT molecular complexity index is 930. The highest BCUT2D eigenvalue weighted by Crippen LogP contribution is 2.20. The van der Waals surface area contributed by atoms with Crippen molar-refractivity contribution in [2.24, 2.45) is 0 Å². The van der Waals surface area contributed by atoms with Crippen LogP contribution in [0.3, 0.4) is 0 Å². The number of rotatable bonds is 6. The average Bonchev–Trinajstić information content (AvgIpc) is 2.66. The van der Waals surface area contributed by atoms with Gasteiger partial charge in [-0.25, -0.2) is 22.4 Å². The summed E-state index contributed by atoms with van der Waals surface area (Å²) in [5.74, 6) is -7.19. The number of hydrogen-bond donors (Lipinski definition) is 1. The van der Waals surface area contributed by atoms with Gasteiger partial charge in [-0.2, -0.15) is 0 Å². The van der Waals surface area contributed by atoms with Crippen molar-refractivity contribution in [3.8, 4) is 5.75 Å². The molecule has 5 nitrogen and oxygen atoms in total. The van der Waals surface area contributed by atoms with Crippen LogP contribution >= 0.6 is 0 Å². The number of halogens is 4. The SMILES string of the molecule is COc1ccc(/C=C/C(=O)O[C@H](C)C(=O)Nc2ccc(F)c(F)c2F)cc1F. The molecule has 2 rings (SSSR count). The number of benzene rings is 2. The molecule has 0 aliphatic heterocycles. The summed E-state index contributed by atoms with van der Waals surface area (Å²) in [5, 5.41) is 1.99. The molecule has 2 aromatic carbocycles. The van der Waals surface area contributed by atoms with Crippen LogP contribution in [-0.2, 0) is 14.3 Å². The van der Waals surface area contributed by atoms with Crippen molar-refractivity contribution in [1.29, 1.82) is 0 Å². The minimum atomic E-state index is -1.74. The number of ether oxygens (including phenoxy) is 2. The van der Waals surface area contributed by atoms with Gasteiger partial charge in [-0.05, 0) is 42.8 Å². The third-order valence-electron chi connectivity index (χ3n) is 3.54. The van der Waals surface area contributed by atoms with E-state index in [1.54, 1.807) is 0 Å². The van der Waals surface area contributed by atoms with E-state index < -0.39 is 46.9 Å². The van der Waals surface area contributed by atoms with E-state index in [4.69, 9.17) is 9.47 Å². The summed E-state index contributed by atoms with van der Waals surface area (Å²) < 4.78 is 62.8. The Morgan fingerprint density at radius 2 is 1.75 bits per heavy atom. The lowest BCUT2D eigenvalue weighted by Crippen LogP contribution is -2.29. The molecule has 2 aromatic rings. The lowest BCUT2D eigenvalue weighted by atomic mass is 10.2. The number of hydrogen-bond acceptors (Lipinski definition) is 4. The molecule has 0 aliphatic rings. The molecular weight excluding hydrogens is 382 g/mol. The highest BCUT2D eigenvalue weighted by molar-refractivity contribution is 5.96. The van der Waals surface area contributed by atoms with Gasteiger partial charge in [-0.1, -0.05) is 6.07 Å². The second-order valence-corrected chi connectivity index (χ2v) is 5.52. The van der Waals surface area contributed by atoms with Gasteiger partial charge < -0.3 is 14.8 Å². The Balaban J connectivity index is 1.97. The maximum atomic E-state index is 13.6. The minimum absolute atomic E-state index is 0.0366. The summed E-state index contributed by atoms with van der Waals surface area (Å²) in [4.78, 5) is 23.7. The van der Waals surface area contributed by atoms with Crippen molar-refractivity contribution in [1.82, 2.24) is 0 Å². The quantitative estimate of drug-likeness (QED) is 0.348. The molecule has 9 heteroatoms. The molecule has 0 saturated carbocycles. The van der Waals surface area contributed by atoms with E-state index >= 15 is 0 Å². The van der Waals surface area contributed by atoms with Crippen molar-refractivity contribution < 1.29 is 36.6 Å². The van der Waals surface area contributed by atoms with Gasteiger partial charge >= 0.3 is 5.97 Å². The monoisotopic (exact) mass is 397 g/mol. The molecule has 0 bridgehead atoms. The summed E-state index contributed by atoms with van der Waals surface area (Å²) in [6.07, 6.45) is 0.852. The first-order valence-corrected chi connectivity index (χ1v) is 7.89. The van der Waals surface area contributed by atoms with Gasteiger partial charge in [-0.3, -0.25) is 4.79 Å². The molecule has 1 N–H and O–H groups in total. The van der Waals surface area contributed by atoms with E-state index in [0.717, 1.165) is 18.2 Å². The van der Waals surface area contributed by atoms with Crippen LogP contribution in [0.5, 0.6) is 5.75 Å². The van der Waals surface area contributed by atoms with Gasteiger partial charge in [0.25, 0.3) is 5.91 Å². The highest BCUT2D eigenvalue weighted by atomic mass is 19.2. The lowest BCUT2D eigenvalue weighted by molar-refractivity contribution is -0.148. The Labute approximate surface area is 157 Å². The maximum Gasteiger partial charge on any atom is 0.331 e. The first-order chi connectivity index (χ1) is 13.2. The van der Waals surface area contributed by atoms with Crippen molar-refractivity contribution in [3.63, 3.8) is 0 Å². The molecule has 0 saturated heterocycles. The molecule has 0 unspecified atom stereocenters. The molecule has 0 heterocycles. The first kappa shape index (κ1) is 20.9. The molecule has 1 atom stereocenters. The Morgan fingerprint density at radius 1 is 1.04 bits per heavy atom. The van der Waals surface area contributed by atoms with Gasteiger partial charge in [-0.15, -0.1) is 0 Å². The van der Waals surface area contributed by atoms with Gasteiger partial charge in [0, 0.05) is 6.08 Å². The number of anilines is 1. The minimum Gasteiger partial charge on any atom is -0.494 e.